The third kappa shape index (κ3) is 4.36. The second kappa shape index (κ2) is 5.83. The summed E-state index contributed by atoms with van der Waals surface area (Å²) in [6.07, 6.45) is -0.409. The Balaban J connectivity index is 2.97. The van der Waals surface area contributed by atoms with Gasteiger partial charge in [0.1, 0.15) is 0 Å². The minimum absolute atomic E-state index is 0.154. The van der Waals surface area contributed by atoms with Crippen LogP contribution in [0.4, 0.5) is 0 Å². The quantitative estimate of drug-likeness (QED) is 0.814. The zero-order valence-corrected chi connectivity index (χ0v) is 11.3. The van der Waals surface area contributed by atoms with E-state index in [4.69, 9.17) is 9.84 Å². The standard InChI is InChI=1S/C12H14O6S/c1-8(2)18-11(13)7-19(16,17)10-5-3-4-9(6-10)12(14)15/h3-6,8H,7H2,1-2H3,(H,14,15). The Kier molecular flexibility index (Phi) is 4.66. The molecule has 0 bridgehead atoms. The van der Waals surface area contributed by atoms with Gasteiger partial charge in [-0.2, -0.15) is 0 Å². The number of ether oxygens (including phenoxy) is 1. The van der Waals surface area contributed by atoms with Crippen LogP contribution in [0.5, 0.6) is 0 Å². The van der Waals surface area contributed by atoms with Crippen molar-refractivity contribution in [3.8, 4) is 0 Å². The summed E-state index contributed by atoms with van der Waals surface area (Å²) in [7, 11) is -3.90. The summed E-state index contributed by atoms with van der Waals surface area (Å²) < 4.78 is 28.6. The van der Waals surface area contributed by atoms with E-state index in [1.54, 1.807) is 13.8 Å². The van der Waals surface area contributed by atoms with Crippen molar-refractivity contribution in [3.05, 3.63) is 29.8 Å². The average molecular weight is 286 g/mol. The number of aromatic carboxylic acids is 1. The van der Waals surface area contributed by atoms with Gasteiger partial charge in [0.05, 0.1) is 16.6 Å². The zero-order valence-electron chi connectivity index (χ0n) is 10.5. The summed E-state index contributed by atoms with van der Waals surface area (Å²) in [5, 5.41) is 8.79. The van der Waals surface area contributed by atoms with Crippen LogP contribution >= 0.6 is 0 Å². The Morgan fingerprint density at radius 3 is 2.47 bits per heavy atom. The van der Waals surface area contributed by atoms with Gasteiger partial charge in [-0.05, 0) is 32.0 Å². The highest BCUT2D eigenvalue weighted by molar-refractivity contribution is 7.92. The van der Waals surface area contributed by atoms with Crippen molar-refractivity contribution < 1.29 is 27.9 Å². The molecule has 19 heavy (non-hydrogen) atoms. The van der Waals surface area contributed by atoms with Crippen molar-refractivity contribution in [3.63, 3.8) is 0 Å². The number of sulfone groups is 1. The number of carboxylic acid groups (broad SMARTS) is 1. The Labute approximate surface area is 110 Å². The average Bonchev–Trinajstić information content (AvgIpc) is 2.27. The lowest BCUT2D eigenvalue weighted by Crippen LogP contribution is -2.21. The van der Waals surface area contributed by atoms with Crippen molar-refractivity contribution in [2.24, 2.45) is 0 Å². The molecule has 0 saturated carbocycles. The third-order valence-electron chi connectivity index (χ3n) is 2.12. The summed E-state index contributed by atoms with van der Waals surface area (Å²) in [6.45, 7) is 3.21. The highest BCUT2D eigenvalue weighted by atomic mass is 32.2. The fourth-order valence-electron chi connectivity index (χ4n) is 1.36. The van der Waals surface area contributed by atoms with Gasteiger partial charge in [-0.25, -0.2) is 13.2 Å². The van der Waals surface area contributed by atoms with E-state index in [9.17, 15) is 18.0 Å². The molecule has 0 aromatic heterocycles. The van der Waals surface area contributed by atoms with E-state index in [-0.39, 0.29) is 10.5 Å². The van der Waals surface area contributed by atoms with Gasteiger partial charge in [0.2, 0.25) is 0 Å². The number of esters is 1. The number of carbonyl (C=O) groups excluding carboxylic acids is 1. The molecule has 1 aromatic carbocycles. The van der Waals surface area contributed by atoms with E-state index >= 15 is 0 Å². The number of benzene rings is 1. The third-order valence-corrected chi connectivity index (χ3v) is 3.70. The number of carboxylic acids is 1. The maximum absolute atomic E-state index is 11.9. The predicted molar refractivity (Wildman–Crippen MR) is 66.7 cm³/mol. The molecule has 6 nitrogen and oxygen atoms in total. The van der Waals surface area contributed by atoms with Crippen LogP contribution in [0.3, 0.4) is 0 Å². The van der Waals surface area contributed by atoms with E-state index in [1.165, 1.54) is 18.2 Å². The van der Waals surface area contributed by atoms with Gasteiger partial charge in [0, 0.05) is 0 Å². The maximum Gasteiger partial charge on any atom is 0.335 e. The minimum Gasteiger partial charge on any atom is -0.478 e. The largest absolute Gasteiger partial charge is 0.478 e. The Morgan fingerprint density at radius 2 is 1.95 bits per heavy atom. The molecule has 0 amide bonds. The molecule has 104 valence electrons. The van der Waals surface area contributed by atoms with Gasteiger partial charge in [-0.3, -0.25) is 4.79 Å². The fourth-order valence-corrected chi connectivity index (χ4v) is 2.50. The zero-order chi connectivity index (χ0) is 14.6. The van der Waals surface area contributed by atoms with Crippen molar-refractivity contribution in [2.75, 3.05) is 5.75 Å². The molecule has 0 aliphatic heterocycles. The van der Waals surface area contributed by atoms with Crippen molar-refractivity contribution in [2.45, 2.75) is 24.8 Å². The molecule has 0 aliphatic rings. The summed E-state index contributed by atoms with van der Waals surface area (Å²) in [5.74, 6) is -2.91. The molecule has 0 saturated heterocycles. The lowest BCUT2D eigenvalue weighted by atomic mass is 10.2. The van der Waals surface area contributed by atoms with Crippen molar-refractivity contribution in [1.82, 2.24) is 0 Å². The molecule has 1 N–H and O–H groups in total. The van der Waals surface area contributed by atoms with Crippen LogP contribution in [-0.2, 0) is 19.4 Å². The molecular formula is C12H14O6S. The molecule has 1 rings (SSSR count). The normalized spacial score (nSPS) is 11.3. The lowest BCUT2D eigenvalue weighted by molar-refractivity contribution is -0.144. The second-order valence-corrected chi connectivity index (χ2v) is 6.12. The number of rotatable bonds is 5. The highest BCUT2D eigenvalue weighted by Gasteiger charge is 2.22. The van der Waals surface area contributed by atoms with E-state index < -0.39 is 33.6 Å². The first-order valence-corrected chi connectivity index (χ1v) is 7.13. The van der Waals surface area contributed by atoms with Crippen LogP contribution in [-0.4, -0.2) is 37.3 Å². The summed E-state index contributed by atoms with van der Waals surface area (Å²) >= 11 is 0. The van der Waals surface area contributed by atoms with Crippen molar-refractivity contribution >= 4 is 21.8 Å². The van der Waals surface area contributed by atoms with Gasteiger partial charge >= 0.3 is 11.9 Å². The molecule has 0 radical (unpaired) electrons. The van der Waals surface area contributed by atoms with Crippen LogP contribution in [0.2, 0.25) is 0 Å². The van der Waals surface area contributed by atoms with E-state index in [1.807, 2.05) is 0 Å². The van der Waals surface area contributed by atoms with E-state index in [0.717, 1.165) is 6.07 Å². The Bertz CT molecular complexity index is 588. The Morgan fingerprint density at radius 1 is 1.32 bits per heavy atom. The SMILES string of the molecule is CC(C)OC(=O)CS(=O)(=O)c1cccc(C(=O)O)c1. The van der Waals surface area contributed by atoms with Gasteiger partial charge in [-0.15, -0.1) is 0 Å². The van der Waals surface area contributed by atoms with Gasteiger partial charge in [0.25, 0.3) is 0 Å². The van der Waals surface area contributed by atoms with Crippen LogP contribution < -0.4 is 0 Å². The van der Waals surface area contributed by atoms with E-state index in [2.05, 4.69) is 0 Å². The second-order valence-electron chi connectivity index (χ2n) is 4.13. The number of hydrogen-bond acceptors (Lipinski definition) is 5. The molecule has 0 unspecified atom stereocenters. The number of carbonyl (C=O) groups is 2. The maximum atomic E-state index is 11.9. The smallest absolute Gasteiger partial charge is 0.335 e. The first-order chi connectivity index (χ1) is 8.72. The van der Waals surface area contributed by atoms with Crippen LogP contribution in [0, 0.1) is 0 Å². The fraction of sp³-hybridized carbons (Fsp3) is 0.333. The van der Waals surface area contributed by atoms with Crippen LogP contribution in [0.25, 0.3) is 0 Å². The molecule has 0 heterocycles. The molecular weight excluding hydrogens is 272 g/mol. The molecule has 0 aliphatic carbocycles. The van der Waals surface area contributed by atoms with Gasteiger partial charge in [0.15, 0.2) is 15.6 Å². The van der Waals surface area contributed by atoms with Gasteiger partial charge < -0.3 is 9.84 Å². The molecule has 7 heteroatoms. The number of hydrogen-bond donors (Lipinski definition) is 1. The van der Waals surface area contributed by atoms with Crippen LogP contribution in [0.1, 0.15) is 24.2 Å². The lowest BCUT2D eigenvalue weighted by Gasteiger charge is -2.08. The van der Waals surface area contributed by atoms with Crippen LogP contribution in [0.15, 0.2) is 29.2 Å². The molecule has 0 atom stereocenters. The summed E-state index contributed by atoms with van der Waals surface area (Å²) in [4.78, 5) is 21.9. The molecule has 0 fully saturated rings. The highest BCUT2D eigenvalue weighted by Crippen LogP contribution is 2.14. The summed E-state index contributed by atoms with van der Waals surface area (Å²) in [5.41, 5.74) is -0.154. The van der Waals surface area contributed by atoms with Gasteiger partial charge in [-0.1, -0.05) is 6.07 Å². The molecule has 1 aromatic rings. The molecule has 0 spiro atoms. The summed E-state index contributed by atoms with van der Waals surface area (Å²) in [6, 6.07) is 4.84. The first-order valence-electron chi connectivity index (χ1n) is 5.48. The van der Waals surface area contributed by atoms with E-state index in [0.29, 0.717) is 0 Å². The monoisotopic (exact) mass is 286 g/mol. The van der Waals surface area contributed by atoms with Crippen molar-refractivity contribution in [1.29, 1.82) is 0 Å². The minimum atomic E-state index is -3.90. The topological polar surface area (TPSA) is 97.7 Å². The first kappa shape index (κ1) is 15.2. The Hall–Kier alpha value is -1.89. The predicted octanol–water partition coefficient (Wildman–Crippen LogP) is 1.11.